The second-order valence-electron chi connectivity index (χ2n) is 7.02. The number of hydrogen-bond donors (Lipinski definition) is 1. The summed E-state index contributed by atoms with van der Waals surface area (Å²) in [5.74, 6) is 0.473. The average molecular weight is 388 g/mol. The Hall–Kier alpha value is -3.32. The molecule has 3 heterocycles. The Bertz CT molecular complexity index is 909. The van der Waals surface area contributed by atoms with E-state index in [4.69, 9.17) is 0 Å². The molecule has 29 heavy (non-hydrogen) atoms. The summed E-state index contributed by atoms with van der Waals surface area (Å²) in [6, 6.07) is 16.2. The number of hydrogen-bond acceptors (Lipinski definition) is 6. The summed E-state index contributed by atoms with van der Waals surface area (Å²) in [5.41, 5.74) is 2.73. The van der Waals surface area contributed by atoms with Gasteiger partial charge in [-0.3, -0.25) is 14.7 Å². The Morgan fingerprint density at radius 2 is 1.62 bits per heavy atom. The fourth-order valence-electron chi connectivity index (χ4n) is 3.34. The van der Waals surface area contributed by atoms with Crippen molar-refractivity contribution >= 4 is 11.9 Å². The van der Waals surface area contributed by atoms with Gasteiger partial charge in [0.05, 0.1) is 17.8 Å². The molecule has 1 aliphatic heterocycles. The molecule has 0 bridgehead atoms. The first-order valence-electron chi connectivity index (χ1n) is 9.79. The smallest absolute Gasteiger partial charge is 0.257 e. The summed E-state index contributed by atoms with van der Waals surface area (Å²) in [6.45, 7) is 4.62. The molecule has 1 N–H and O–H groups in total. The lowest BCUT2D eigenvalue weighted by atomic mass is 10.2. The summed E-state index contributed by atoms with van der Waals surface area (Å²) in [6.07, 6.45) is 4.93. The molecule has 0 atom stereocenters. The minimum absolute atomic E-state index is 0.0133. The normalized spacial score (nSPS) is 14.6. The maximum absolute atomic E-state index is 12.8. The molecule has 2 aromatic heterocycles. The molecule has 0 radical (unpaired) electrons. The van der Waals surface area contributed by atoms with Crippen LogP contribution in [0.5, 0.6) is 0 Å². The van der Waals surface area contributed by atoms with Crippen molar-refractivity contribution in [1.29, 1.82) is 0 Å². The molecule has 4 rings (SSSR count). The highest BCUT2D eigenvalue weighted by Crippen LogP contribution is 2.12. The highest BCUT2D eigenvalue weighted by Gasteiger charge is 2.22. The van der Waals surface area contributed by atoms with E-state index in [1.807, 2.05) is 29.2 Å². The third-order valence-corrected chi connectivity index (χ3v) is 4.96. The summed E-state index contributed by atoms with van der Waals surface area (Å²) in [5, 5.41) is 3.12. The molecule has 0 spiro atoms. The minimum Gasteiger partial charge on any atom is -0.349 e. The first kappa shape index (κ1) is 19.0. The van der Waals surface area contributed by atoms with Crippen LogP contribution in [0.3, 0.4) is 0 Å². The van der Waals surface area contributed by atoms with Crippen molar-refractivity contribution in [2.45, 2.75) is 13.1 Å². The molecule has 0 aliphatic carbocycles. The van der Waals surface area contributed by atoms with Gasteiger partial charge in [0.2, 0.25) is 5.95 Å². The Morgan fingerprint density at radius 1 is 0.897 bits per heavy atom. The van der Waals surface area contributed by atoms with E-state index in [-0.39, 0.29) is 5.91 Å². The molecule has 7 heteroatoms. The van der Waals surface area contributed by atoms with E-state index in [1.54, 1.807) is 18.6 Å². The summed E-state index contributed by atoms with van der Waals surface area (Å²) in [7, 11) is 0. The quantitative estimate of drug-likeness (QED) is 0.699. The zero-order chi connectivity index (χ0) is 19.9. The molecule has 1 aliphatic rings. The Labute approximate surface area is 170 Å². The third-order valence-electron chi connectivity index (χ3n) is 4.96. The largest absolute Gasteiger partial charge is 0.349 e. The van der Waals surface area contributed by atoms with Crippen molar-refractivity contribution in [3.8, 4) is 0 Å². The Kier molecular flexibility index (Phi) is 6.07. The summed E-state index contributed by atoms with van der Waals surface area (Å²) < 4.78 is 0. The van der Waals surface area contributed by atoms with Gasteiger partial charge in [0, 0.05) is 51.3 Å². The van der Waals surface area contributed by atoms with Gasteiger partial charge < -0.3 is 10.2 Å². The molecule has 0 saturated carbocycles. The van der Waals surface area contributed by atoms with Crippen LogP contribution in [0.4, 0.5) is 5.95 Å². The van der Waals surface area contributed by atoms with Crippen LogP contribution in [-0.4, -0.2) is 56.8 Å². The first-order valence-corrected chi connectivity index (χ1v) is 9.79. The molecule has 1 fully saturated rings. The number of benzene rings is 1. The third kappa shape index (κ3) is 5.14. The fourth-order valence-corrected chi connectivity index (χ4v) is 3.34. The highest BCUT2D eigenvalue weighted by molar-refractivity contribution is 5.93. The zero-order valence-corrected chi connectivity index (χ0v) is 16.2. The maximum Gasteiger partial charge on any atom is 0.257 e. The number of nitrogens with one attached hydrogen (secondary N) is 1. The standard InChI is InChI=1S/C22H24N6O/c29-21(28-12-10-27(11-13-28)17-18-6-2-1-3-7-18)19-14-24-22(25-15-19)26-16-20-8-4-5-9-23-20/h1-9,14-15H,10-13,16-17H2,(H,24,25,26). The number of anilines is 1. The second-order valence-corrected chi connectivity index (χ2v) is 7.02. The number of carbonyl (C=O) groups is 1. The number of piperazine rings is 1. The van der Waals surface area contributed by atoms with Gasteiger partial charge >= 0.3 is 0 Å². The average Bonchev–Trinajstić information content (AvgIpc) is 2.79. The second kappa shape index (κ2) is 9.25. The zero-order valence-electron chi connectivity index (χ0n) is 16.2. The molecule has 1 saturated heterocycles. The van der Waals surface area contributed by atoms with Crippen LogP contribution >= 0.6 is 0 Å². The molecular formula is C22H24N6O. The molecule has 1 aromatic carbocycles. The van der Waals surface area contributed by atoms with Gasteiger partial charge in [-0.05, 0) is 17.7 Å². The number of nitrogens with zero attached hydrogens (tertiary/aromatic N) is 5. The van der Waals surface area contributed by atoms with E-state index in [1.165, 1.54) is 5.56 Å². The van der Waals surface area contributed by atoms with Gasteiger partial charge in [-0.1, -0.05) is 36.4 Å². The number of carbonyl (C=O) groups excluding carboxylic acids is 1. The number of aromatic nitrogens is 3. The molecular weight excluding hydrogens is 364 g/mol. The van der Waals surface area contributed by atoms with Crippen molar-refractivity contribution in [2.24, 2.45) is 0 Å². The first-order chi connectivity index (χ1) is 14.3. The minimum atomic E-state index is -0.0133. The highest BCUT2D eigenvalue weighted by atomic mass is 16.2. The van der Waals surface area contributed by atoms with Crippen LogP contribution in [0.25, 0.3) is 0 Å². The SMILES string of the molecule is O=C(c1cnc(NCc2ccccn2)nc1)N1CCN(Cc2ccccc2)CC1. The van der Waals surface area contributed by atoms with E-state index in [2.05, 4.69) is 49.4 Å². The maximum atomic E-state index is 12.8. The molecule has 7 nitrogen and oxygen atoms in total. The van der Waals surface area contributed by atoms with Crippen molar-refractivity contribution in [2.75, 3.05) is 31.5 Å². The lowest BCUT2D eigenvalue weighted by Gasteiger charge is -2.34. The van der Waals surface area contributed by atoms with E-state index in [0.29, 0.717) is 31.1 Å². The van der Waals surface area contributed by atoms with Crippen LogP contribution in [0, 0.1) is 0 Å². The lowest BCUT2D eigenvalue weighted by Crippen LogP contribution is -2.48. The van der Waals surface area contributed by atoms with Crippen molar-refractivity contribution in [3.05, 3.63) is 83.9 Å². The van der Waals surface area contributed by atoms with Gasteiger partial charge in [0.1, 0.15) is 0 Å². The van der Waals surface area contributed by atoms with Crippen molar-refractivity contribution < 1.29 is 4.79 Å². The van der Waals surface area contributed by atoms with Crippen LogP contribution in [0.15, 0.2) is 67.1 Å². The van der Waals surface area contributed by atoms with Crippen LogP contribution in [0.2, 0.25) is 0 Å². The van der Waals surface area contributed by atoms with Gasteiger partial charge in [-0.2, -0.15) is 0 Å². The number of pyridine rings is 1. The molecule has 1 amide bonds. The monoisotopic (exact) mass is 388 g/mol. The lowest BCUT2D eigenvalue weighted by molar-refractivity contribution is 0.0627. The summed E-state index contributed by atoms with van der Waals surface area (Å²) in [4.78, 5) is 29.8. The predicted molar refractivity (Wildman–Crippen MR) is 111 cm³/mol. The number of amides is 1. The Balaban J connectivity index is 1.27. The fraction of sp³-hybridized carbons (Fsp3) is 0.273. The van der Waals surface area contributed by atoms with Crippen LogP contribution < -0.4 is 5.32 Å². The van der Waals surface area contributed by atoms with E-state index in [9.17, 15) is 4.79 Å². The van der Waals surface area contributed by atoms with Gasteiger partial charge in [-0.15, -0.1) is 0 Å². The van der Waals surface area contributed by atoms with Gasteiger partial charge in [0.25, 0.3) is 5.91 Å². The summed E-state index contributed by atoms with van der Waals surface area (Å²) >= 11 is 0. The molecule has 3 aromatic rings. The van der Waals surface area contributed by atoms with Crippen molar-refractivity contribution in [1.82, 2.24) is 24.8 Å². The Morgan fingerprint density at radius 3 is 2.31 bits per heavy atom. The predicted octanol–water partition coefficient (Wildman–Crippen LogP) is 2.44. The number of rotatable bonds is 6. The van der Waals surface area contributed by atoms with E-state index >= 15 is 0 Å². The van der Waals surface area contributed by atoms with E-state index < -0.39 is 0 Å². The van der Waals surface area contributed by atoms with Gasteiger partial charge in [-0.25, -0.2) is 9.97 Å². The molecule has 148 valence electrons. The van der Waals surface area contributed by atoms with E-state index in [0.717, 1.165) is 25.3 Å². The van der Waals surface area contributed by atoms with Crippen LogP contribution in [-0.2, 0) is 13.1 Å². The van der Waals surface area contributed by atoms with Crippen molar-refractivity contribution in [3.63, 3.8) is 0 Å². The van der Waals surface area contributed by atoms with Crippen LogP contribution in [0.1, 0.15) is 21.6 Å². The molecule has 0 unspecified atom stereocenters. The van der Waals surface area contributed by atoms with Gasteiger partial charge in [0.15, 0.2) is 0 Å². The topological polar surface area (TPSA) is 74.2 Å².